The number of nitrogens with zero attached hydrogens (tertiary/aromatic N) is 1. The number of nitrogens with two attached hydrogens (primary N) is 1. The Kier molecular flexibility index (Phi) is 3.42. The average Bonchev–Trinajstić information content (AvgIpc) is 2.81. The molecule has 1 aromatic rings. The fourth-order valence-electron chi connectivity index (χ4n) is 1.83. The molecule has 1 aromatic carbocycles. The number of anilines is 1. The van der Waals surface area contributed by atoms with Crippen molar-refractivity contribution in [2.45, 2.75) is 12.5 Å². The molecular weight excluding hydrogens is 238 g/mol. The molecule has 18 heavy (non-hydrogen) atoms. The number of benzene rings is 1. The van der Waals surface area contributed by atoms with Crippen molar-refractivity contribution in [1.29, 1.82) is 0 Å². The lowest BCUT2D eigenvalue weighted by Crippen LogP contribution is -2.20. The molecule has 1 atom stereocenters. The van der Waals surface area contributed by atoms with E-state index >= 15 is 0 Å². The van der Waals surface area contributed by atoms with E-state index in [1.165, 1.54) is 18.2 Å². The van der Waals surface area contributed by atoms with Crippen molar-refractivity contribution in [1.82, 2.24) is 0 Å². The highest BCUT2D eigenvalue weighted by Crippen LogP contribution is 2.27. The van der Waals surface area contributed by atoms with E-state index in [0.29, 0.717) is 18.9 Å². The van der Waals surface area contributed by atoms with Gasteiger partial charge in [0.1, 0.15) is 5.69 Å². The molecule has 0 radical (unpaired) electrons. The van der Waals surface area contributed by atoms with Gasteiger partial charge in [-0.15, -0.1) is 0 Å². The molecule has 1 amide bonds. The quantitative estimate of drug-likeness (QED) is 0.610. The van der Waals surface area contributed by atoms with Crippen LogP contribution in [0.25, 0.3) is 0 Å². The first-order valence-corrected chi connectivity index (χ1v) is 5.50. The van der Waals surface area contributed by atoms with E-state index in [2.05, 4.69) is 5.32 Å². The van der Waals surface area contributed by atoms with Gasteiger partial charge in [-0.2, -0.15) is 0 Å². The third kappa shape index (κ3) is 2.57. The summed E-state index contributed by atoms with van der Waals surface area (Å²) in [6.07, 6.45) is 0.800. The minimum Gasteiger partial charge on any atom is -0.379 e. The summed E-state index contributed by atoms with van der Waals surface area (Å²) in [7, 11) is 0. The van der Waals surface area contributed by atoms with Gasteiger partial charge in [0.15, 0.2) is 0 Å². The molecule has 7 heteroatoms. The number of carbonyl (C=O) groups is 1. The summed E-state index contributed by atoms with van der Waals surface area (Å²) < 4.78 is 5.19. The SMILES string of the molecule is NC(=O)c1ccc(NC2CCOC2)c([N+](=O)[O-])c1. The lowest BCUT2D eigenvalue weighted by atomic mass is 10.1. The second-order valence-corrected chi connectivity index (χ2v) is 4.06. The third-order valence-electron chi connectivity index (χ3n) is 2.77. The molecule has 1 unspecified atom stereocenters. The van der Waals surface area contributed by atoms with Crippen molar-refractivity contribution in [3.63, 3.8) is 0 Å². The summed E-state index contributed by atoms with van der Waals surface area (Å²) in [6.45, 7) is 1.17. The van der Waals surface area contributed by atoms with Gasteiger partial charge in [-0.3, -0.25) is 14.9 Å². The van der Waals surface area contributed by atoms with Gasteiger partial charge in [-0.1, -0.05) is 0 Å². The van der Waals surface area contributed by atoms with Crippen LogP contribution in [0, 0.1) is 10.1 Å². The number of hydrogen-bond donors (Lipinski definition) is 2. The van der Waals surface area contributed by atoms with Crippen LogP contribution in [-0.4, -0.2) is 30.1 Å². The maximum Gasteiger partial charge on any atom is 0.293 e. The summed E-state index contributed by atoms with van der Waals surface area (Å²) in [5.74, 6) is -0.686. The van der Waals surface area contributed by atoms with E-state index in [1.54, 1.807) is 0 Å². The van der Waals surface area contributed by atoms with Crippen LogP contribution in [0.4, 0.5) is 11.4 Å². The monoisotopic (exact) mass is 251 g/mol. The van der Waals surface area contributed by atoms with E-state index in [1.807, 2.05) is 0 Å². The van der Waals surface area contributed by atoms with Crippen LogP contribution < -0.4 is 11.1 Å². The third-order valence-corrected chi connectivity index (χ3v) is 2.77. The summed E-state index contributed by atoms with van der Waals surface area (Å²) in [5.41, 5.74) is 5.44. The molecular formula is C11H13N3O4. The van der Waals surface area contributed by atoms with Crippen LogP contribution in [0.2, 0.25) is 0 Å². The molecule has 1 aliphatic heterocycles. The number of primary amides is 1. The number of rotatable bonds is 4. The zero-order valence-corrected chi connectivity index (χ0v) is 9.59. The minimum atomic E-state index is -0.686. The number of nitro benzene ring substituents is 1. The van der Waals surface area contributed by atoms with Crippen LogP contribution >= 0.6 is 0 Å². The molecule has 96 valence electrons. The molecule has 1 saturated heterocycles. The van der Waals surface area contributed by atoms with Gasteiger partial charge in [0.2, 0.25) is 5.91 Å². The molecule has 0 aliphatic carbocycles. The first-order valence-electron chi connectivity index (χ1n) is 5.50. The average molecular weight is 251 g/mol. The maximum atomic E-state index is 11.0. The molecule has 1 aliphatic rings. The normalized spacial score (nSPS) is 18.6. The van der Waals surface area contributed by atoms with Crippen LogP contribution in [0.15, 0.2) is 18.2 Å². The van der Waals surface area contributed by atoms with Gasteiger partial charge in [-0.05, 0) is 18.6 Å². The highest BCUT2D eigenvalue weighted by atomic mass is 16.6. The van der Waals surface area contributed by atoms with Gasteiger partial charge in [0.05, 0.1) is 17.6 Å². The summed E-state index contributed by atoms with van der Waals surface area (Å²) in [4.78, 5) is 21.4. The highest BCUT2D eigenvalue weighted by molar-refractivity contribution is 5.94. The largest absolute Gasteiger partial charge is 0.379 e. The zero-order chi connectivity index (χ0) is 13.1. The highest BCUT2D eigenvalue weighted by Gasteiger charge is 2.21. The lowest BCUT2D eigenvalue weighted by molar-refractivity contribution is -0.384. The lowest BCUT2D eigenvalue weighted by Gasteiger charge is -2.12. The topological polar surface area (TPSA) is 107 Å². The van der Waals surface area contributed by atoms with E-state index in [4.69, 9.17) is 10.5 Å². The van der Waals surface area contributed by atoms with Gasteiger partial charge in [0.25, 0.3) is 5.69 Å². The van der Waals surface area contributed by atoms with E-state index in [0.717, 1.165) is 6.42 Å². The number of carbonyl (C=O) groups excluding carboxylic acids is 1. The Hall–Kier alpha value is -2.15. The number of hydrogen-bond acceptors (Lipinski definition) is 5. The second kappa shape index (κ2) is 5.01. The summed E-state index contributed by atoms with van der Waals surface area (Å²) in [5, 5.41) is 14.0. The van der Waals surface area contributed by atoms with E-state index < -0.39 is 10.8 Å². The first-order chi connectivity index (χ1) is 8.58. The Balaban J connectivity index is 2.28. The number of ether oxygens (including phenoxy) is 1. The summed E-state index contributed by atoms with van der Waals surface area (Å²) in [6, 6.07) is 4.20. The Morgan fingerprint density at radius 3 is 2.89 bits per heavy atom. The molecule has 0 aromatic heterocycles. The van der Waals surface area contributed by atoms with E-state index in [-0.39, 0.29) is 17.3 Å². The predicted molar refractivity (Wildman–Crippen MR) is 64.5 cm³/mol. The fraction of sp³-hybridized carbons (Fsp3) is 0.364. The number of nitrogens with one attached hydrogen (secondary N) is 1. The van der Waals surface area contributed by atoms with Crippen molar-refractivity contribution < 1.29 is 14.5 Å². The van der Waals surface area contributed by atoms with Gasteiger partial charge < -0.3 is 15.8 Å². The molecule has 1 heterocycles. The molecule has 0 saturated carbocycles. The van der Waals surface area contributed by atoms with Crippen molar-refractivity contribution in [3.8, 4) is 0 Å². The molecule has 1 fully saturated rings. The predicted octanol–water partition coefficient (Wildman–Crippen LogP) is 0.895. The Labute approximate surface area is 103 Å². The summed E-state index contributed by atoms with van der Waals surface area (Å²) >= 11 is 0. The zero-order valence-electron chi connectivity index (χ0n) is 9.59. The van der Waals surface area contributed by atoms with Crippen molar-refractivity contribution in [2.24, 2.45) is 5.73 Å². The van der Waals surface area contributed by atoms with Crippen molar-refractivity contribution >= 4 is 17.3 Å². The first kappa shape index (κ1) is 12.3. The van der Waals surface area contributed by atoms with Crippen LogP contribution in [0.3, 0.4) is 0 Å². The molecule has 7 nitrogen and oxygen atoms in total. The molecule has 0 spiro atoms. The van der Waals surface area contributed by atoms with E-state index in [9.17, 15) is 14.9 Å². The molecule has 3 N–H and O–H groups in total. The van der Waals surface area contributed by atoms with Crippen LogP contribution in [-0.2, 0) is 4.74 Å². The smallest absolute Gasteiger partial charge is 0.293 e. The Morgan fingerprint density at radius 2 is 2.33 bits per heavy atom. The number of amides is 1. The van der Waals surface area contributed by atoms with Crippen LogP contribution in [0.1, 0.15) is 16.8 Å². The van der Waals surface area contributed by atoms with Crippen LogP contribution in [0.5, 0.6) is 0 Å². The fourth-order valence-corrected chi connectivity index (χ4v) is 1.83. The van der Waals surface area contributed by atoms with Gasteiger partial charge in [0, 0.05) is 18.2 Å². The van der Waals surface area contributed by atoms with Gasteiger partial charge in [-0.25, -0.2) is 0 Å². The van der Waals surface area contributed by atoms with Crippen molar-refractivity contribution in [2.75, 3.05) is 18.5 Å². The molecule has 2 rings (SSSR count). The van der Waals surface area contributed by atoms with Crippen molar-refractivity contribution in [3.05, 3.63) is 33.9 Å². The number of nitro groups is 1. The Bertz CT molecular complexity index is 483. The Morgan fingerprint density at radius 1 is 1.56 bits per heavy atom. The minimum absolute atomic E-state index is 0.0585. The standard InChI is InChI=1S/C11H13N3O4/c12-11(15)7-1-2-9(10(5-7)14(16)17)13-8-3-4-18-6-8/h1-2,5,8,13H,3-4,6H2,(H2,12,15). The van der Waals surface area contributed by atoms with Gasteiger partial charge >= 0.3 is 0 Å². The second-order valence-electron chi connectivity index (χ2n) is 4.06. The molecule has 0 bridgehead atoms. The maximum absolute atomic E-state index is 11.0.